The molecule has 0 bridgehead atoms. The van der Waals surface area contributed by atoms with Crippen molar-refractivity contribution in [1.82, 2.24) is 5.32 Å². The number of nitrogens with one attached hydrogen (secondary N) is 1. The van der Waals surface area contributed by atoms with Crippen molar-refractivity contribution >= 4 is 40.7 Å². The van der Waals surface area contributed by atoms with E-state index in [1.54, 1.807) is 17.0 Å². The summed E-state index contributed by atoms with van der Waals surface area (Å²) in [4.78, 5) is 26.5. The lowest BCUT2D eigenvalue weighted by Gasteiger charge is -2.19. The highest BCUT2D eigenvalue weighted by molar-refractivity contribution is 6.31. The van der Waals surface area contributed by atoms with Crippen LogP contribution in [0.25, 0.3) is 0 Å². The molecule has 2 aromatic carbocycles. The molecule has 136 valence electrons. The van der Waals surface area contributed by atoms with Gasteiger partial charge in [-0.1, -0.05) is 41.4 Å². The van der Waals surface area contributed by atoms with Crippen LogP contribution in [0.4, 0.5) is 5.69 Å². The standard InChI is InChI=1S/C20H20Cl2N2O2/c1-13-5-6-17(22)11-18(13)24-12-15(10-19(24)25)20(26)23-8-7-14-3-2-4-16(21)9-14/h2-6,9,11,15H,7-8,10,12H2,1H3,(H,23,26). The summed E-state index contributed by atoms with van der Waals surface area (Å²) < 4.78 is 0. The van der Waals surface area contributed by atoms with Gasteiger partial charge in [0.25, 0.3) is 0 Å². The molecule has 3 rings (SSSR count). The van der Waals surface area contributed by atoms with Crippen LogP contribution in [0, 0.1) is 12.8 Å². The largest absolute Gasteiger partial charge is 0.355 e. The normalized spacial score (nSPS) is 16.8. The molecule has 0 saturated carbocycles. The topological polar surface area (TPSA) is 49.4 Å². The van der Waals surface area contributed by atoms with Crippen LogP contribution < -0.4 is 10.2 Å². The van der Waals surface area contributed by atoms with Crippen molar-refractivity contribution in [2.75, 3.05) is 18.0 Å². The minimum absolute atomic E-state index is 0.0506. The van der Waals surface area contributed by atoms with Crippen molar-refractivity contribution in [3.05, 3.63) is 63.6 Å². The molecule has 0 aromatic heterocycles. The van der Waals surface area contributed by atoms with Crippen molar-refractivity contribution in [2.24, 2.45) is 5.92 Å². The Bertz CT molecular complexity index is 838. The first kappa shape index (κ1) is 18.7. The molecule has 1 N–H and O–H groups in total. The number of nitrogens with zero attached hydrogens (tertiary/aromatic N) is 1. The molecule has 2 aromatic rings. The first-order chi connectivity index (χ1) is 12.4. The molecule has 1 aliphatic rings. The van der Waals surface area contributed by atoms with Crippen LogP contribution in [0.5, 0.6) is 0 Å². The molecule has 1 aliphatic heterocycles. The fourth-order valence-corrected chi connectivity index (χ4v) is 3.54. The second kappa shape index (κ2) is 8.11. The number of anilines is 1. The summed E-state index contributed by atoms with van der Waals surface area (Å²) in [6.07, 6.45) is 0.916. The van der Waals surface area contributed by atoms with E-state index in [4.69, 9.17) is 23.2 Å². The van der Waals surface area contributed by atoms with E-state index in [0.29, 0.717) is 29.6 Å². The molecule has 0 spiro atoms. The highest BCUT2D eigenvalue weighted by atomic mass is 35.5. The molecule has 1 saturated heterocycles. The van der Waals surface area contributed by atoms with E-state index in [0.717, 1.165) is 16.8 Å². The van der Waals surface area contributed by atoms with Gasteiger partial charge in [-0.15, -0.1) is 0 Å². The van der Waals surface area contributed by atoms with Crippen molar-refractivity contribution in [3.8, 4) is 0 Å². The summed E-state index contributed by atoms with van der Waals surface area (Å²) in [5.41, 5.74) is 2.80. The maximum absolute atomic E-state index is 12.4. The molecule has 1 fully saturated rings. The summed E-state index contributed by atoms with van der Waals surface area (Å²) in [6, 6.07) is 13.0. The lowest BCUT2D eigenvalue weighted by molar-refractivity contribution is -0.126. The van der Waals surface area contributed by atoms with E-state index in [1.807, 2.05) is 37.3 Å². The Morgan fingerprint density at radius 1 is 1.19 bits per heavy atom. The van der Waals surface area contributed by atoms with Gasteiger partial charge in [-0.3, -0.25) is 9.59 Å². The summed E-state index contributed by atoms with van der Waals surface area (Å²) >= 11 is 12.0. The predicted octanol–water partition coefficient (Wildman–Crippen LogP) is 4.01. The Labute approximate surface area is 163 Å². The minimum Gasteiger partial charge on any atom is -0.355 e. The minimum atomic E-state index is -0.347. The number of hydrogen-bond acceptors (Lipinski definition) is 2. The van der Waals surface area contributed by atoms with Gasteiger partial charge in [0.05, 0.1) is 5.92 Å². The van der Waals surface area contributed by atoms with Crippen molar-refractivity contribution in [2.45, 2.75) is 19.8 Å². The number of aryl methyl sites for hydroxylation is 1. The van der Waals surface area contributed by atoms with Gasteiger partial charge in [0.1, 0.15) is 0 Å². The van der Waals surface area contributed by atoms with Crippen LogP contribution in [-0.4, -0.2) is 24.9 Å². The average molecular weight is 391 g/mol. The van der Waals surface area contributed by atoms with Crippen molar-refractivity contribution in [3.63, 3.8) is 0 Å². The highest BCUT2D eigenvalue weighted by Crippen LogP contribution is 2.30. The highest BCUT2D eigenvalue weighted by Gasteiger charge is 2.35. The third-order valence-electron chi connectivity index (χ3n) is 4.56. The molecular weight excluding hydrogens is 371 g/mol. The van der Waals surface area contributed by atoms with Crippen LogP contribution in [-0.2, 0) is 16.0 Å². The first-order valence-electron chi connectivity index (χ1n) is 8.52. The molecule has 4 nitrogen and oxygen atoms in total. The monoisotopic (exact) mass is 390 g/mol. The maximum atomic E-state index is 12.4. The van der Waals surface area contributed by atoms with Gasteiger partial charge >= 0.3 is 0 Å². The van der Waals surface area contributed by atoms with E-state index in [2.05, 4.69) is 5.32 Å². The van der Waals surface area contributed by atoms with Gasteiger partial charge in [-0.05, 0) is 48.7 Å². The number of benzene rings is 2. The van der Waals surface area contributed by atoms with Crippen molar-refractivity contribution < 1.29 is 9.59 Å². The Morgan fingerprint density at radius 3 is 2.73 bits per heavy atom. The number of halogens is 2. The summed E-state index contributed by atoms with van der Waals surface area (Å²) in [5.74, 6) is -0.492. The zero-order chi connectivity index (χ0) is 18.7. The van der Waals surface area contributed by atoms with E-state index in [9.17, 15) is 9.59 Å². The van der Waals surface area contributed by atoms with E-state index in [1.165, 1.54) is 0 Å². The average Bonchev–Trinajstić information content (AvgIpc) is 2.99. The van der Waals surface area contributed by atoms with Crippen LogP contribution in [0.2, 0.25) is 10.0 Å². The Hall–Kier alpha value is -2.04. The molecule has 6 heteroatoms. The summed E-state index contributed by atoms with van der Waals surface area (Å²) in [7, 11) is 0. The van der Waals surface area contributed by atoms with Crippen LogP contribution in [0.3, 0.4) is 0 Å². The fourth-order valence-electron chi connectivity index (χ4n) is 3.16. The van der Waals surface area contributed by atoms with Crippen molar-refractivity contribution in [1.29, 1.82) is 0 Å². The molecule has 26 heavy (non-hydrogen) atoms. The molecular formula is C20H20Cl2N2O2. The third-order valence-corrected chi connectivity index (χ3v) is 5.03. The molecule has 2 amide bonds. The fraction of sp³-hybridized carbons (Fsp3) is 0.300. The maximum Gasteiger partial charge on any atom is 0.227 e. The van der Waals surface area contributed by atoms with Gasteiger partial charge in [-0.2, -0.15) is 0 Å². The second-order valence-electron chi connectivity index (χ2n) is 6.51. The lowest BCUT2D eigenvalue weighted by atomic mass is 10.1. The Kier molecular flexibility index (Phi) is 5.84. The van der Waals surface area contributed by atoms with Gasteiger partial charge in [0.2, 0.25) is 11.8 Å². The number of amides is 2. The van der Waals surface area contributed by atoms with E-state index < -0.39 is 0 Å². The number of rotatable bonds is 5. The number of carbonyl (C=O) groups excluding carboxylic acids is 2. The number of hydrogen-bond donors (Lipinski definition) is 1. The lowest BCUT2D eigenvalue weighted by Crippen LogP contribution is -2.34. The zero-order valence-electron chi connectivity index (χ0n) is 14.5. The van der Waals surface area contributed by atoms with Crippen LogP contribution >= 0.6 is 23.2 Å². The van der Waals surface area contributed by atoms with Crippen LogP contribution in [0.1, 0.15) is 17.5 Å². The summed E-state index contributed by atoms with van der Waals surface area (Å²) in [5, 5.41) is 4.18. The quantitative estimate of drug-likeness (QED) is 0.837. The Balaban J connectivity index is 1.57. The molecule has 1 unspecified atom stereocenters. The predicted molar refractivity (Wildman–Crippen MR) is 105 cm³/mol. The van der Waals surface area contributed by atoms with E-state index >= 15 is 0 Å². The molecule has 1 atom stereocenters. The zero-order valence-corrected chi connectivity index (χ0v) is 16.0. The molecule has 0 radical (unpaired) electrons. The van der Waals surface area contributed by atoms with Gasteiger partial charge in [0, 0.05) is 35.2 Å². The summed E-state index contributed by atoms with van der Waals surface area (Å²) in [6.45, 7) is 2.82. The smallest absolute Gasteiger partial charge is 0.227 e. The third kappa shape index (κ3) is 4.37. The Morgan fingerprint density at radius 2 is 1.96 bits per heavy atom. The first-order valence-corrected chi connectivity index (χ1v) is 9.28. The second-order valence-corrected chi connectivity index (χ2v) is 7.38. The van der Waals surface area contributed by atoms with Gasteiger partial charge in [0.15, 0.2) is 0 Å². The van der Waals surface area contributed by atoms with Gasteiger partial charge in [-0.25, -0.2) is 0 Å². The number of carbonyl (C=O) groups is 2. The van der Waals surface area contributed by atoms with Crippen LogP contribution in [0.15, 0.2) is 42.5 Å². The molecule has 0 aliphatic carbocycles. The SMILES string of the molecule is Cc1ccc(Cl)cc1N1CC(C(=O)NCCc2cccc(Cl)c2)CC1=O. The molecule has 1 heterocycles. The van der Waals surface area contributed by atoms with Gasteiger partial charge < -0.3 is 10.2 Å². The van der Waals surface area contributed by atoms with E-state index in [-0.39, 0.29) is 24.2 Å².